The number of ether oxygens (including phenoxy) is 1. The summed E-state index contributed by atoms with van der Waals surface area (Å²) in [5, 5.41) is 22.0. The summed E-state index contributed by atoms with van der Waals surface area (Å²) in [6, 6.07) is 13.1. The average molecular weight is 624 g/mol. The Labute approximate surface area is 224 Å². The van der Waals surface area contributed by atoms with E-state index in [-0.39, 0.29) is 0 Å². The van der Waals surface area contributed by atoms with Crippen molar-refractivity contribution >= 4 is 34.2 Å². The number of aliphatic hydroxyl groups excluding tert-OH is 2. The molecule has 1 fully saturated rings. The van der Waals surface area contributed by atoms with Gasteiger partial charge < -0.3 is 29.6 Å². The number of aromatic amines is 1. The predicted octanol–water partition coefficient (Wildman–Crippen LogP) is 0.877. The highest BCUT2D eigenvalue weighted by molar-refractivity contribution is 7.66. The minimum Gasteiger partial charge on any atom is -0.387 e. The van der Waals surface area contributed by atoms with Gasteiger partial charge in [-0.15, -0.1) is 0 Å². The molecule has 0 bridgehead atoms. The number of nitrogens with one attached hydrogen (secondary N) is 1. The molecule has 7 atom stereocenters. The van der Waals surface area contributed by atoms with Gasteiger partial charge in [-0.1, -0.05) is 36.4 Å². The first-order chi connectivity index (χ1) is 18.6. The second kappa shape index (κ2) is 11.9. The van der Waals surface area contributed by atoms with E-state index in [2.05, 4.69) is 17.7 Å². The van der Waals surface area contributed by atoms with Gasteiger partial charge in [-0.2, -0.15) is 8.62 Å². The Morgan fingerprint density at radius 3 is 2.17 bits per heavy atom. The lowest BCUT2D eigenvalue weighted by Crippen LogP contribution is -2.37. The maximum absolute atomic E-state index is 12.2. The molecule has 1 aliphatic rings. The molecule has 0 aliphatic carbocycles. The van der Waals surface area contributed by atoms with E-state index < -0.39 is 72.5 Å². The molecule has 0 radical (unpaired) electrons. The van der Waals surface area contributed by atoms with E-state index in [1.807, 2.05) is 17.1 Å². The number of hydrogen-bond acceptors (Lipinski definition) is 12. The van der Waals surface area contributed by atoms with Gasteiger partial charge in [0.25, 0.3) is 5.56 Å². The molecule has 1 aromatic heterocycles. The summed E-state index contributed by atoms with van der Waals surface area (Å²) >= 11 is 0. The SMILES string of the molecule is O=c1ccn([C@@H]2O[C@H](COP(=O)(O)OP(=O)(O)OP(=O)(O)OCc3ccc4ccccc4c3)C(O)[C@@H]2O)c(=O)[nH]1. The van der Waals surface area contributed by atoms with Crippen molar-refractivity contribution in [2.75, 3.05) is 6.61 Å². The number of hydrogen-bond donors (Lipinski definition) is 6. The normalized spacial score (nSPS) is 25.7. The number of nitrogens with zero attached hydrogens (tertiary/aromatic N) is 1. The number of benzene rings is 2. The highest BCUT2D eigenvalue weighted by atomic mass is 31.3. The zero-order chi connectivity index (χ0) is 29.3. The van der Waals surface area contributed by atoms with Gasteiger partial charge >= 0.3 is 29.2 Å². The van der Waals surface area contributed by atoms with E-state index in [1.165, 1.54) is 0 Å². The first-order valence-electron chi connectivity index (χ1n) is 11.2. The zero-order valence-electron chi connectivity index (χ0n) is 20.0. The van der Waals surface area contributed by atoms with Crippen LogP contribution in [0.15, 0.2) is 64.3 Å². The molecule has 17 nitrogen and oxygen atoms in total. The maximum atomic E-state index is 12.2. The van der Waals surface area contributed by atoms with E-state index in [0.29, 0.717) is 5.56 Å². The monoisotopic (exact) mass is 624 g/mol. The first kappa shape index (κ1) is 30.6. The summed E-state index contributed by atoms with van der Waals surface area (Å²) in [6.45, 7) is -1.57. The summed E-state index contributed by atoms with van der Waals surface area (Å²) in [4.78, 5) is 54.4. The van der Waals surface area contributed by atoms with Crippen LogP contribution >= 0.6 is 23.5 Å². The van der Waals surface area contributed by atoms with Crippen molar-refractivity contribution in [3.8, 4) is 0 Å². The molecule has 20 heteroatoms. The minimum absolute atomic E-state index is 0.404. The number of fused-ring (bicyclic) bond motifs is 1. The van der Waals surface area contributed by atoms with Crippen LogP contribution in [0, 0.1) is 0 Å². The fourth-order valence-electron chi connectivity index (χ4n) is 3.70. The highest BCUT2D eigenvalue weighted by Gasteiger charge is 2.47. The van der Waals surface area contributed by atoms with Crippen molar-refractivity contribution in [1.82, 2.24) is 9.55 Å². The molecule has 0 saturated carbocycles. The Hall–Kier alpha value is -2.33. The lowest BCUT2D eigenvalue weighted by Gasteiger charge is -2.20. The molecule has 4 rings (SSSR count). The van der Waals surface area contributed by atoms with Crippen LogP contribution < -0.4 is 11.2 Å². The molecule has 3 aromatic rings. The fourth-order valence-corrected chi connectivity index (χ4v) is 7.20. The van der Waals surface area contributed by atoms with Crippen LogP contribution in [0.1, 0.15) is 11.8 Å². The van der Waals surface area contributed by atoms with Crippen LogP contribution in [0.2, 0.25) is 0 Å². The third-order valence-corrected chi connectivity index (χ3v) is 9.72. The Balaban J connectivity index is 1.32. The summed E-state index contributed by atoms with van der Waals surface area (Å²) in [5.41, 5.74) is -1.33. The molecule has 0 amide bonds. The second-order valence-corrected chi connectivity index (χ2v) is 13.0. The molecule has 40 heavy (non-hydrogen) atoms. The van der Waals surface area contributed by atoms with Crippen LogP contribution in [-0.2, 0) is 42.7 Å². The highest BCUT2D eigenvalue weighted by Crippen LogP contribution is 2.67. The molecular weight excluding hydrogens is 601 g/mol. The van der Waals surface area contributed by atoms with Gasteiger partial charge in [0.1, 0.15) is 18.3 Å². The molecule has 2 heterocycles. The number of phosphoric acid groups is 3. The molecule has 1 saturated heterocycles. The number of rotatable bonds is 11. The molecule has 0 spiro atoms. The molecule has 4 unspecified atom stereocenters. The predicted molar refractivity (Wildman–Crippen MR) is 134 cm³/mol. The fraction of sp³-hybridized carbons (Fsp3) is 0.300. The molecule has 6 N–H and O–H groups in total. The first-order valence-corrected chi connectivity index (χ1v) is 15.6. The van der Waals surface area contributed by atoms with Crippen molar-refractivity contribution in [2.45, 2.75) is 31.1 Å². The summed E-state index contributed by atoms with van der Waals surface area (Å²) in [7, 11) is -16.6. The number of aliphatic hydroxyl groups is 2. The van der Waals surface area contributed by atoms with Gasteiger partial charge in [-0.25, -0.2) is 18.5 Å². The van der Waals surface area contributed by atoms with E-state index >= 15 is 0 Å². The quantitative estimate of drug-likeness (QED) is 0.162. The summed E-state index contributed by atoms with van der Waals surface area (Å²) in [6.07, 6.45) is -5.69. The van der Waals surface area contributed by atoms with Gasteiger partial charge in [0.05, 0.1) is 13.2 Å². The van der Waals surface area contributed by atoms with Gasteiger partial charge in [0.15, 0.2) is 6.23 Å². The van der Waals surface area contributed by atoms with Crippen molar-refractivity contribution in [1.29, 1.82) is 0 Å². The van der Waals surface area contributed by atoms with E-state index in [0.717, 1.165) is 27.6 Å². The van der Waals surface area contributed by atoms with Crippen LogP contribution in [0.5, 0.6) is 0 Å². The van der Waals surface area contributed by atoms with Crippen molar-refractivity contribution in [3.05, 3.63) is 81.1 Å². The summed E-state index contributed by atoms with van der Waals surface area (Å²) < 4.78 is 59.8. The maximum Gasteiger partial charge on any atom is 0.490 e. The Morgan fingerprint density at radius 1 is 0.850 bits per heavy atom. The zero-order valence-corrected chi connectivity index (χ0v) is 22.7. The summed E-state index contributed by atoms with van der Waals surface area (Å²) in [5.74, 6) is 0. The lowest BCUT2D eigenvalue weighted by molar-refractivity contribution is -0.0542. The lowest BCUT2D eigenvalue weighted by atomic mass is 10.1. The average Bonchev–Trinajstić information content (AvgIpc) is 3.13. The number of aromatic nitrogens is 2. The van der Waals surface area contributed by atoms with Gasteiger partial charge in [0.2, 0.25) is 0 Å². The van der Waals surface area contributed by atoms with Crippen molar-refractivity contribution < 1.29 is 61.0 Å². The van der Waals surface area contributed by atoms with Crippen LogP contribution in [0.25, 0.3) is 10.8 Å². The van der Waals surface area contributed by atoms with Gasteiger partial charge in [0, 0.05) is 12.3 Å². The van der Waals surface area contributed by atoms with Gasteiger partial charge in [-0.05, 0) is 22.4 Å². The number of phosphoric ester groups is 2. The van der Waals surface area contributed by atoms with Crippen LogP contribution in [-0.4, -0.2) is 59.4 Å². The number of H-pyrrole nitrogens is 1. The third kappa shape index (κ3) is 7.69. The Bertz CT molecular complexity index is 1640. The van der Waals surface area contributed by atoms with E-state index in [9.17, 15) is 48.2 Å². The van der Waals surface area contributed by atoms with Crippen molar-refractivity contribution in [3.63, 3.8) is 0 Å². The largest absolute Gasteiger partial charge is 0.490 e. The smallest absolute Gasteiger partial charge is 0.387 e. The third-order valence-electron chi connectivity index (χ3n) is 5.49. The molecule has 1 aliphatic heterocycles. The minimum atomic E-state index is -5.76. The van der Waals surface area contributed by atoms with Crippen LogP contribution in [0.3, 0.4) is 0 Å². The molecule has 2 aromatic carbocycles. The molecular formula is C20H23N2O15P3. The van der Waals surface area contributed by atoms with Gasteiger partial charge in [-0.3, -0.25) is 23.4 Å². The second-order valence-electron chi connectivity index (χ2n) is 8.38. The van der Waals surface area contributed by atoms with Crippen molar-refractivity contribution in [2.24, 2.45) is 0 Å². The topological polar surface area (TPSA) is 253 Å². The Morgan fingerprint density at radius 2 is 1.50 bits per heavy atom. The van der Waals surface area contributed by atoms with Crippen LogP contribution in [0.4, 0.5) is 0 Å². The van der Waals surface area contributed by atoms with E-state index in [1.54, 1.807) is 30.3 Å². The Kier molecular flexibility index (Phi) is 9.10. The van der Waals surface area contributed by atoms with E-state index in [4.69, 9.17) is 4.74 Å². The standard InChI is InChI=1S/C20H23N2O15P3/c23-16-7-8-22(20(26)21-16)19-18(25)17(24)15(35-19)11-34-39(29,30)37-40(31,32)36-38(27,28)33-10-12-5-6-13-3-1-2-4-14(13)9-12/h1-9,15,17-19,24-25H,10-11H2,(H,27,28)(H,29,30)(H,31,32)(H,21,23,26)/t15-,17?,18+,19-/m1/s1. The molecule has 218 valence electrons.